The summed E-state index contributed by atoms with van der Waals surface area (Å²) >= 11 is 6.64. The molecule has 0 radical (unpaired) electrons. The van der Waals surface area contributed by atoms with Crippen LogP contribution in [0.25, 0.3) is 0 Å². The van der Waals surface area contributed by atoms with E-state index in [-0.39, 0.29) is 18.6 Å². The van der Waals surface area contributed by atoms with Gasteiger partial charge in [0.1, 0.15) is 12.1 Å². The van der Waals surface area contributed by atoms with Gasteiger partial charge >= 0.3 is 0 Å². The highest BCUT2D eigenvalue weighted by Gasteiger charge is 2.57. The second-order valence-corrected chi connectivity index (χ2v) is 16.2. The topological polar surface area (TPSA) is 88.5 Å². The Kier molecular flexibility index (Phi) is 12.3. The minimum Gasteiger partial charge on any atom is -0.394 e. The lowest BCUT2D eigenvalue weighted by molar-refractivity contribution is -0.183. The zero-order valence-electron chi connectivity index (χ0n) is 30.1. The first-order valence-electron chi connectivity index (χ1n) is 18.1. The van der Waals surface area contributed by atoms with Gasteiger partial charge in [-0.05, 0) is 86.2 Å². The van der Waals surface area contributed by atoms with Gasteiger partial charge in [-0.25, -0.2) is 0 Å². The van der Waals surface area contributed by atoms with E-state index in [9.17, 15) is 15.0 Å². The minimum absolute atomic E-state index is 0.101. The summed E-state index contributed by atoms with van der Waals surface area (Å²) in [6, 6.07) is 16.3. The average Bonchev–Trinajstić information content (AvgIpc) is 3.40. The molecule has 2 bridgehead atoms. The van der Waals surface area contributed by atoms with Crippen LogP contribution in [-0.2, 0) is 29.3 Å². The van der Waals surface area contributed by atoms with Crippen LogP contribution in [0.4, 0.5) is 0 Å². The molecule has 8 nitrogen and oxygen atoms in total. The van der Waals surface area contributed by atoms with Gasteiger partial charge in [-0.15, -0.1) is 0 Å². The average molecular weight is 683 g/mol. The minimum atomic E-state index is -0.823. The molecule has 2 aromatic carbocycles. The van der Waals surface area contributed by atoms with E-state index in [4.69, 9.17) is 16.4 Å². The summed E-state index contributed by atoms with van der Waals surface area (Å²) in [6.45, 7) is 13.4. The molecular weight excluding hydrogens is 624 g/mol. The first-order valence-corrected chi connectivity index (χ1v) is 18.4. The molecule has 48 heavy (non-hydrogen) atoms. The normalized spacial score (nSPS) is 29.5. The number of carbonyl (C=O) groups is 1. The molecule has 9 heteroatoms. The first kappa shape index (κ1) is 37.2. The van der Waals surface area contributed by atoms with Gasteiger partial charge in [-0.2, -0.15) is 5.06 Å². The van der Waals surface area contributed by atoms with Gasteiger partial charge in [0.05, 0.1) is 19.3 Å². The number of amides is 1. The van der Waals surface area contributed by atoms with Gasteiger partial charge < -0.3 is 20.4 Å². The van der Waals surface area contributed by atoms with Crippen LogP contribution in [0.15, 0.2) is 48.5 Å². The zero-order valence-corrected chi connectivity index (χ0v) is 30.9. The molecule has 1 amide bonds. The number of hydroxylamine groups is 2. The number of carbonyl (C=O) groups excluding carboxylic acids is 1. The number of halogens is 1. The number of hydrogen-bond donors (Lipinski definition) is 3. The van der Waals surface area contributed by atoms with Gasteiger partial charge in [0.15, 0.2) is 0 Å². The predicted octanol–water partition coefficient (Wildman–Crippen LogP) is 5.73. The van der Waals surface area contributed by atoms with E-state index >= 15 is 0 Å². The van der Waals surface area contributed by atoms with Crippen molar-refractivity contribution in [2.45, 2.75) is 110 Å². The Morgan fingerprint density at radius 1 is 1.12 bits per heavy atom. The highest BCUT2D eigenvalue weighted by Crippen LogP contribution is 2.61. The number of hydrogen-bond acceptors (Lipinski definition) is 7. The van der Waals surface area contributed by atoms with Crippen molar-refractivity contribution in [2.24, 2.45) is 29.1 Å². The SMILES string of the molecule is CCC[C@@H](CN(C)C)N(Cc1cccc(CN2O[C@@H](CO)[C@@H]([C@H](C)O)[C@H]2C(=O)N[C@H]2C[C@H]3C[C@H]([C@H]2C)C3(C)C)c1)Cc1ccccc1Cl. The maximum Gasteiger partial charge on any atom is 0.240 e. The molecule has 4 aliphatic rings. The molecule has 1 saturated heterocycles. The summed E-state index contributed by atoms with van der Waals surface area (Å²) in [5.41, 5.74) is 3.62. The summed E-state index contributed by atoms with van der Waals surface area (Å²) in [4.78, 5) is 25.1. The Morgan fingerprint density at radius 3 is 2.48 bits per heavy atom. The fourth-order valence-electron chi connectivity index (χ4n) is 9.03. The second-order valence-electron chi connectivity index (χ2n) is 15.8. The van der Waals surface area contributed by atoms with Crippen molar-refractivity contribution < 1.29 is 19.8 Å². The van der Waals surface area contributed by atoms with Gasteiger partial charge in [0, 0.05) is 42.7 Å². The molecule has 4 fully saturated rings. The first-order chi connectivity index (χ1) is 22.8. The molecule has 0 aromatic heterocycles. The quantitative estimate of drug-likeness (QED) is 0.221. The molecular formula is C39H59ClN4O4. The Labute approximate surface area is 293 Å². The van der Waals surface area contributed by atoms with Gasteiger partial charge in [0.25, 0.3) is 0 Å². The van der Waals surface area contributed by atoms with Crippen LogP contribution in [-0.4, -0.2) is 88.6 Å². The third-order valence-electron chi connectivity index (χ3n) is 11.8. The summed E-state index contributed by atoms with van der Waals surface area (Å²) < 4.78 is 0. The van der Waals surface area contributed by atoms with Crippen molar-refractivity contribution >= 4 is 17.5 Å². The van der Waals surface area contributed by atoms with Crippen LogP contribution in [0, 0.1) is 29.1 Å². The molecule has 2 aromatic rings. The second kappa shape index (κ2) is 15.9. The number of nitrogens with one attached hydrogen (secondary N) is 1. The molecule has 3 N–H and O–H groups in total. The Morgan fingerprint density at radius 2 is 1.85 bits per heavy atom. The van der Waals surface area contributed by atoms with Crippen LogP contribution in [0.3, 0.4) is 0 Å². The lowest BCUT2D eigenvalue weighted by atomic mass is 9.45. The third kappa shape index (κ3) is 8.12. The maximum absolute atomic E-state index is 14.1. The van der Waals surface area contributed by atoms with Crippen LogP contribution in [0.1, 0.15) is 77.0 Å². The molecule has 1 aliphatic heterocycles. The van der Waals surface area contributed by atoms with Crippen molar-refractivity contribution in [1.82, 2.24) is 20.2 Å². The number of nitrogens with zero attached hydrogens (tertiary/aromatic N) is 3. The Balaban J connectivity index is 1.35. The van der Waals surface area contributed by atoms with Crippen LogP contribution in [0.5, 0.6) is 0 Å². The van der Waals surface area contributed by atoms with Crippen molar-refractivity contribution in [2.75, 3.05) is 27.2 Å². The summed E-state index contributed by atoms with van der Waals surface area (Å²) in [5, 5.41) is 27.0. The predicted molar refractivity (Wildman–Crippen MR) is 192 cm³/mol. The zero-order chi connectivity index (χ0) is 34.7. The van der Waals surface area contributed by atoms with Crippen molar-refractivity contribution in [3.8, 4) is 0 Å². The van der Waals surface area contributed by atoms with E-state index < -0.39 is 24.2 Å². The van der Waals surface area contributed by atoms with E-state index in [0.29, 0.717) is 35.8 Å². The smallest absolute Gasteiger partial charge is 0.240 e. The van der Waals surface area contributed by atoms with E-state index in [2.05, 4.69) is 87.2 Å². The fourth-order valence-corrected chi connectivity index (χ4v) is 9.22. The lowest BCUT2D eigenvalue weighted by Gasteiger charge is -2.62. The molecule has 0 spiro atoms. The van der Waals surface area contributed by atoms with Crippen LogP contribution < -0.4 is 5.32 Å². The monoisotopic (exact) mass is 682 g/mol. The largest absolute Gasteiger partial charge is 0.394 e. The van der Waals surface area contributed by atoms with E-state index in [0.717, 1.165) is 55.0 Å². The molecule has 3 saturated carbocycles. The summed E-state index contributed by atoms with van der Waals surface area (Å²) in [5.74, 6) is 0.936. The number of fused-ring (bicyclic) bond motifs is 2. The van der Waals surface area contributed by atoms with Crippen molar-refractivity contribution in [1.29, 1.82) is 0 Å². The molecule has 266 valence electrons. The van der Waals surface area contributed by atoms with E-state index in [1.54, 1.807) is 12.0 Å². The molecule has 0 unspecified atom stereocenters. The van der Waals surface area contributed by atoms with Crippen molar-refractivity contribution in [3.05, 3.63) is 70.2 Å². The van der Waals surface area contributed by atoms with Gasteiger partial charge in [-0.3, -0.25) is 14.5 Å². The van der Waals surface area contributed by atoms with Crippen molar-refractivity contribution in [3.63, 3.8) is 0 Å². The van der Waals surface area contributed by atoms with E-state index in [1.807, 2.05) is 18.2 Å². The van der Waals surface area contributed by atoms with Crippen LogP contribution in [0.2, 0.25) is 5.02 Å². The van der Waals surface area contributed by atoms with Gasteiger partial charge in [0.2, 0.25) is 5.91 Å². The Hall–Kier alpha value is -2.04. The van der Waals surface area contributed by atoms with Gasteiger partial charge in [-0.1, -0.05) is 88.2 Å². The third-order valence-corrected chi connectivity index (χ3v) is 12.2. The maximum atomic E-state index is 14.1. The summed E-state index contributed by atoms with van der Waals surface area (Å²) in [7, 11) is 4.25. The molecule has 3 aliphatic carbocycles. The number of aliphatic hydroxyl groups is 2. The summed E-state index contributed by atoms with van der Waals surface area (Å²) in [6.07, 6.45) is 2.89. The molecule has 9 atom stereocenters. The van der Waals surface area contributed by atoms with E-state index in [1.165, 1.54) is 12.0 Å². The van der Waals surface area contributed by atoms with Crippen LogP contribution >= 0.6 is 11.6 Å². The number of rotatable bonds is 15. The number of benzene rings is 2. The molecule has 6 rings (SSSR count). The molecule has 1 heterocycles. The Bertz CT molecular complexity index is 1370. The fraction of sp³-hybridized carbons (Fsp3) is 0.667. The highest BCUT2D eigenvalue weighted by atomic mass is 35.5. The number of aliphatic hydroxyl groups excluding tert-OH is 2. The number of likely N-dealkylation sites (N-methyl/N-ethyl adjacent to an activating group) is 1. The highest BCUT2D eigenvalue weighted by molar-refractivity contribution is 6.31. The standard InChI is InChI=1S/C39H59ClN4O4/c1-8-12-31(23-42(6)7)43(22-29-15-9-10-16-33(29)40)20-27-13-11-14-28(17-27)21-44-37(36(26(3)46)35(24-45)48-44)38(47)41-34-19-30-18-32(25(34)2)39(30,4)5/h9-11,13-17,25-26,30-32,34-37,45-46H,8,12,18-24H2,1-7H3,(H,41,47)/t25-,26+,30-,31+,32-,34+,35+,36-,37+/m1/s1. The lowest BCUT2D eigenvalue weighted by Crippen LogP contribution is -2.62.